The molecule has 0 unspecified atom stereocenters. The second-order valence-corrected chi connectivity index (χ2v) is 6.97. The molecule has 0 amide bonds. The van der Waals surface area contributed by atoms with E-state index in [0.717, 1.165) is 62.0 Å². The highest BCUT2D eigenvalue weighted by molar-refractivity contribution is 5.85. The summed E-state index contributed by atoms with van der Waals surface area (Å²) in [6, 6.07) is 11.8. The van der Waals surface area contributed by atoms with E-state index in [-0.39, 0.29) is 0 Å². The first-order valence-electron chi connectivity index (χ1n) is 9.28. The van der Waals surface area contributed by atoms with Gasteiger partial charge in [0.15, 0.2) is 0 Å². The SMILES string of the molecule is Cc1cccc(-c2n[nH]cc2-c2ccc3ncc(-c4c(C)noc4C)cc3n2)n1. The quantitative estimate of drug-likeness (QED) is 0.488. The van der Waals surface area contributed by atoms with Crippen LogP contribution in [0.5, 0.6) is 0 Å². The van der Waals surface area contributed by atoms with E-state index in [1.807, 2.05) is 69.6 Å². The number of hydrogen-bond acceptors (Lipinski definition) is 6. The largest absolute Gasteiger partial charge is 0.361 e. The number of pyridine rings is 3. The van der Waals surface area contributed by atoms with Crippen LogP contribution in [-0.4, -0.2) is 30.3 Å². The molecule has 142 valence electrons. The van der Waals surface area contributed by atoms with Gasteiger partial charge in [0.25, 0.3) is 0 Å². The van der Waals surface area contributed by atoms with Gasteiger partial charge in [-0.15, -0.1) is 0 Å². The molecule has 5 rings (SSSR count). The van der Waals surface area contributed by atoms with E-state index in [1.165, 1.54) is 0 Å². The van der Waals surface area contributed by atoms with Crippen LogP contribution < -0.4 is 0 Å². The Hall–Kier alpha value is -3.87. The van der Waals surface area contributed by atoms with Gasteiger partial charge in [-0.05, 0) is 51.1 Å². The number of hydrogen-bond donors (Lipinski definition) is 1. The molecule has 0 bridgehead atoms. The van der Waals surface area contributed by atoms with E-state index in [2.05, 4.69) is 25.3 Å². The van der Waals surface area contributed by atoms with Crippen LogP contribution in [0.2, 0.25) is 0 Å². The highest BCUT2D eigenvalue weighted by Crippen LogP contribution is 2.31. The number of nitrogens with zero attached hydrogens (tertiary/aromatic N) is 5. The Morgan fingerprint density at radius 2 is 1.83 bits per heavy atom. The van der Waals surface area contributed by atoms with Gasteiger partial charge in [0, 0.05) is 34.8 Å². The number of H-pyrrole nitrogens is 1. The lowest BCUT2D eigenvalue weighted by atomic mass is 10.0. The molecule has 0 aliphatic carbocycles. The van der Waals surface area contributed by atoms with Gasteiger partial charge in [0.1, 0.15) is 11.5 Å². The molecule has 1 N–H and O–H groups in total. The second kappa shape index (κ2) is 6.63. The Kier molecular flexibility index (Phi) is 3.94. The highest BCUT2D eigenvalue weighted by atomic mass is 16.5. The minimum absolute atomic E-state index is 0.766. The number of aromatic nitrogens is 6. The molecule has 29 heavy (non-hydrogen) atoms. The molecule has 7 heteroatoms. The number of rotatable bonds is 3. The highest BCUT2D eigenvalue weighted by Gasteiger charge is 2.16. The first kappa shape index (κ1) is 17.2. The monoisotopic (exact) mass is 382 g/mol. The lowest BCUT2D eigenvalue weighted by Gasteiger charge is -2.06. The minimum atomic E-state index is 0.766. The summed E-state index contributed by atoms with van der Waals surface area (Å²) in [5.41, 5.74) is 8.58. The number of nitrogens with one attached hydrogen (secondary N) is 1. The molecule has 5 aromatic rings. The first-order chi connectivity index (χ1) is 14.1. The van der Waals surface area contributed by atoms with Crippen LogP contribution >= 0.6 is 0 Å². The van der Waals surface area contributed by atoms with Crippen LogP contribution in [0.1, 0.15) is 17.1 Å². The molecular weight excluding hydrogens is 364 g/mol. The molecule has 7 nitrogen and oxygen atoms in total. The van der Waals surface area contributed by atoms with Crippen LogP contribution in [0.3, 0.4) is 0 Å². The molecule has 5 heterocycles. The van der Waals surface area contributed by atoms with E-state index in [9.17, 15) is 0 Å². The average Bonchev–Trinajstić information content (AvgIpc) is 3.34. The fourth-order valence-corrected chi connectivity index (χ4v) is 3.54. The summed E-state index contributed by atoms with van der Waals surface area (Å²) in [7, 11) is 0. The van der Waals surface area contributed by atoms with Gasteiger partial charge in [-0.2, -0.15) is 5.10 Å². The van der Waals surface area contributed by atoms with Crippen molar-refractivity contribution >= 4 is 11.0 Å². The zero-order chi connectivity index (χ0) is 20.0. The zero-order valence-corrected chi connectivity index (χ0v) is 16.3. The van der Waals surface area contributed by atoms with Gasteiger partial charge in [-0.1, -0.05) is 11.2 Å². The van der Waals surface area contributed by atoms with E-state index >= 15 is 0 Å². The normalized spacial score (nSPS) is 11.3. The molecule has 0 radical (unpaired) electrons. The van der Waals surface area contributed by atoms with Crippen LogP contribution in [0, 0.1) is 20.8 Å². The molecule has 5 aromatic heterocycles. The Morgan fingerprint density at radius 3 is 2.62 bits per heavy atom. The van der Waals surface area contributed by atoms with Crippen LogP contribution in [0.15, 0.2) is 53.3 Å². The molecule has 0 aromatic carbocycles. The molecule has 0 atom stereocenters. The maximum absolute atomic E-state index is 5.30. The summed E-state index contributed by atoms with van der Waals surface area (Å²) in [5.74, 6) is 0.766. The van der Waals surface area contributed by atoms with E-state index in [0.29, 0.717) is 0 Å². The van der Waals surface area contributed by atoms with Crippen molar-refractivity contribution in [1.82, 2.24) is 30.3 Å². The Bertz CT molecular complexity index is 1330. The van der Waals surface area contributed by atoms with Crippen molar-refractivity contribution in [1.29, 1.82) is 0 Å². The van der Waals surface area contributed by atoms with Crippen molar-refractivity contribution in [2.45, 2.75) is 20.8 Å². The third kappa shape index (κ3) is 2.97. The second-order valence-electron chi connectivity index (χ2n) is 6.97. The smallest absolute Gasteiger partial charge is 0.141 e. The standard InChI is InChI=1S/C22H18N6O/c1-12-5-4-6-19(25-12)22-16(11-24-27-22)17-7-8-18-20(26-17)9-15(10-23-18)21-13(2)28-29-14(21)3/h4-11H,1-3H3,(H,24,27). The van der Waals surface area contributed by atoms with Crippen molar-refractivity contribution in [3.8, 4) is 33.8 Å². The molecule has 0 spiro atoms. The Labute approximate surface area is 166 Å². The van der Waals surface area contributed by atoms with Crippen molar-refractivity contribution in [2.24, 2.45) is 0 Å². The lowest BCUT2D eigenvalue weighted by Crippen LogP contribution is -1.92. The summed E-state index contributed by atoms with van der Waals surface area (Å²) in [5, 5.41) is 11.4. The zero-order valence-electron chi connectivity index (χ0n) is 16.3. The minimum Gasteiger partial charge on any atom is -0.361 e. The lowest BCUT2D eigenvalue weighted by molar-refractivity contribution is 0.393. The van der Waals surface area contributed by atoms with Crippen molar-refractivity contribution in [2.75, 3.05) is 0 Å². The molecule has 0 saturated heterocycles. The van der Waals surface area contributed by atoms with Gasteiger partial charge < -0.3 is 4.52 Å². The van der Waals surface area contributed by atoms with Crippen LogP contribution in [0.25, 0.3) is 44.8 Å². The van der Waals surface area contributed by atoms with Gasteiger partial charge in [-0.25, -0.2) is 4.98 Å². The predicted octanol–water partition coefficient (Wildman–Crippen LogP) is 4.66. The molecule has 0 fully saturated rings. The summed E-state index contributed by atoms with van der Waals surface area (Å²) >= 11 is 0. The first-order valence-corrected chi connectivity index (χ1v) is 9.28. The van der Waals surface area contributed by atoms with Crippen molar-refractivity contribution < 1.29 is 4.52 Å². The Balaban J connectivity index is 1.63. The molecule has 0 aliphatic heterocycles. The third-order valence-electron chi connectivity index (χ3n) is 4.91. The fourth-order valence-electron chi connectivity index (χ4n) is 3.54. The third-order valence-corrected chi connectivity index (χ3v) is 4.91. The summed E-state index contributed by atoms with van der Waals surface area (Å²) < 4.78 is 5.30. The van der Waals surface area contributed by atoms with Crippen LogP contribution in [0.4, 0.5) is 0 Å². The Morgan fingerprint density at radius 1 is 0.931 bits per heavy atom. The van der Waals surface area contributed by atoms with Gasteiger partial charge >= 0.3 is 0 Å². The van der Waals surface area contributed by atoms with Crippen molar-refractivity contribution in [3.63, 3.8) is 0 Å². The van der Waals surface area contributed by atoms with Gasteiger partial charge in [0.2, 0.25) is 0 Å². The molecule has 0 aliphatic rings. The number of aromatic amines is 1. The van der Waals surface area contributed by atoms with E-state index in [4.69, 9.17) is 9.51 Å². The summed E-state index contributed by atoms with van der Waals surface area (Å²) in [4.78, 5) is 14.0. The summed E-state index contributed by atoms with van der Waals surface area (Å²) in [6.45, 7) is 5.79. The average molecular weight is 382 g/mol. The summed E-state index contributed by atoms with van der Waals surface area (Å²) in [6.07, 6.45) is 3.68. The topological polar surface area (TPSA) is 93.4 Å². The predicted molar refractivity (Wildman–Crippen MR) is 110 cm³/mol. The van der Waals surface area contributed by atoms with Gasteiger partial charge in [-0.3, -0.25) is 15.1 Å². The van der Waals surface area contributed by atoms with Crippen molar-refractivity contribution in [3.05, 3.63) is 65.9 Å². The number of aryl methyl sites for hydroxylation is 3. The molecule has 0 saturated carbocycles. The maximum atomic E-state index is 5.30. The van der Waals surface area contributed by atoms with E-state index in [1.54, 1.807) is 0 Å². The number of fused-ring (bicyclic) bond motifs is 1. The fraction of sp³-hybridized carbons (Fsp3) is 0.136. The molecular formula is C22H18N6O. The van der Waals surface area contributed by atoms with Crippen LogP contribution in [-0.2, 0) is 0 Å². The van der Waals surface area contributed by atoms with E-state index < -0.39 is 0 Å². The van der Waals surface area contributed by atoms with Gasteiger partial charge in [0.05, 0.1) is 28.1 Å². The maximum Gasteiger partial charge on any atom is 0.141 e.